The fourth-order valence-electron chi connectivity index (χ4n) is 3.71. The van der Waals surface area contributed by atoms with Crippen molar-refractivity contribution in [3.63, 3.8) is 0 Å². The first-order valence-corrected chi connectivity index (χ1v) is 6.70. The van der Waals surface area contributed by atoms with E-state index in [0.29, 0.717) is 18.1 Å². The molecular weight excluding hydrogens is 224 g/mol. The first-order chi connectivity index (χ1) is 8.65. The van der Waals surface area contributed by atoms with E-state index >= 15 is 0 Å². The SMILES string of the molecule is CCC12C=CC(=O)C[C@H]1CCc1cc(O)ccc12. The van der Waals surface area contributed by atoms with Gasteiger partial charge in [0.2, 0.25) is 0 Å². The highest BCUT2D eigenvalue weighted by atomic mass is 16.3. The molecule has 1 aromatic rings. The van der Waals surface area contributed by atoms with Crippen LogP contribution in [0.25, 0.3) is 0 Å². The van der Waals surface area contributed by atoms with Crippen molar-refractivity contribution in [2.24, 2.45) is 5.92 Å². The Morgan fingerprint density at radius 1 is 1.44 bits per heavy atom. The quantitative estimate of drug-likeness (QED) is 0.821. The average molecular weight is 242 g/mol. The van der Waals surface area contributed by atoms with Gasteiger partial charge in [0.25, 0.3) is 0 Å². The Bertz CT molecular complexity index is 530. The number of carbonyl (C=O) groups excluding carboxylic acids is 1. The van der Waals surface area contributed by atoms with E-state index in [1.54, 1.807) is 12.1 Å². The molecule has 94 valence electrons. The monoisotopic (exact) mass is 242 g/mol. The predicted octanol–water partition coefficient (Wildman–Crippen LogP) is 3.13. The number of rotatable bonds is 1. The lowest BCUT2D eigenvalue weighted by atomic mass is 9.58. The number of ketones is 1. The van der Waals surface area contributed by atoms with Crippen molar-refractivity contribution >= 4 is 5.78 Å². The molecule has 0 saturated heterocycles. The van der Waals surface area contributed by atoms with Crippen molar-refractivity contribution in [2.45, 2.75) is 38.0 Å². The standard InChI is InChI=1S/C16H18O2/c1-2-16-8-7-14(18)10-12(16)4-3-11-9-13(17)5-6-15(11)16/h5-9,12,17H,2-4,10H2,1H3/t12-,16?/m1/s1. The first-order valence-electron chi connectivity index (χ1n) is 6.70. The number of carbonyl (C=O) groups is 1. The van der Waals surface area contributed by atoms with Gasteiger partial charge in [0, 0.05) is 11.8 Å². The molecule has 0 heterocycles. The number of aromatic hydroxyl groups is 1. The molecule has 0 amide bonds. The highest BCUT2D eigenvalue weighted by molar-refractivity contribution is 5.91. The maximum atomic E-state index is 11.6. The minimum atomic E-state index is 0.00912. The summed E-state index contributed by atoms with van der Waals surface area (Å²) in [7, 11) is 0. The Balaban J connectivity index is 2.18. The molecular formula is C16H18O2. The van der Waals surface area contributed by atoms with Crippen LogP contribution in [0.5, 0.6) is 5.75 Å². The maximum absolute atomic E-state index is 11.6. The largest absolute Gasteiger partial charge is 0.508 e. The van der Waals surface area contributed by atoms with Crippen LogP contribution in [0.3, 0.4) is 0 Å². The molecule has 2 aliphatic carbocycles. The van der Waals surface area contributed by atoms with Crippen molar-refractivity contribution in [1.82, 2.24) is 0 Å². The second-order valence-corrected chi connectivity index (χ2v) is 5.47. The van der Waals surface area contributed by atoms with Crippen LogP contribution in [0.4, 0.5) is 0 Å². The van der Waals surface area contributed by atoms with Crippen LogP contribution in [0.2, 0.25) is 0 Å². The molecule has 0 fully saturated rings. The van der Waals surface area contributed by atoms with E-state index in [0.717, 1.165) is 19.3 Å². The minimum absolute atomic E-state index is 0.00912. The van der Waals surface area contributed by atoms with E-state index in [9.17, 15) is 9.90 Å². The van der Waals surface area contributed by atoms with Gasteiger partial charge in [-0.25, -0.2) is 0 Å². The number of aryl methyl sites for hydroxylation is 1. The van der Waals surface area contributed by atoms with Gasteiger partial charge < -0.3 is 5.11 Å². The summed E-state index contributed by atoms with van der Waals surface area (Å²) in [6.07, 6.45) is 7.56. The molecule has 0 bridgehead atoms. The average Bonchev–Trinajstić information content (AvgIpc) is 2.38. The van der Waals surface area contributed by atoms with E-state index in [1.165, 1.54) is 11.1 Å². The first kappa shape index (κ1) is 11.5. The number of benzene rings is 1. The molecule has 2 aliphatic rings. The molecule has 0 spiro atoms. The lowest BCUT2D eigenvalue weighted by Crippen LogP contribution is -2.40. The van der Waals surface area contributed by atoms with Gasteiger partial charge in [-0.15, -0.1) is 0 Å². The minimum Gasteiger partial charge on any atom is -0.508 e. The molecule has 2 heteroatoms. The van der Waals surface area contributed by atoms with Crippen LogP contribution in [0, 0.1) is 5.92 Å². The van der Waals surface area contributed by atoms with E-state index < -0.39 is 0 Å². The van der Waals surface area contributed by atoms with E-state index in [-0.39, 0.29) is 11.2 Å². The number of allylic oxidation sites excluding steroid dienone is 2. The second-order valence-electron chi connectivity index (χ2n) is 5.47. The zero-order valence-electron chi connectivity index (χ0n) is 10.6. The molecule has 0 aliphatic heterocycles. The third-order valence-electron chi connectivity index (χ3n) is 4.68. The van der Waals surface area contributed by atoms with Crippen molar-refractivity contribution < 1.29 is 9.90 Å². The molecule has 0 radical (unpaired) electrons. The molecule has 0 saturated carbocycles. The van der Waals surface area contributed by atoms with E-state index in [4.69, 9.17) is 0 Å². The van der Waals surface area contributed by atoms with Gasteiger partial charge in [-0.2, -0.15) is 0 Å². The molecule has 3 rings (SSSR count). The van der Waals surface area contributed by atoms with Gasteiger partial charge >= 0.3 is 0 Å². The number of phenolic OH excluding ortho intramolecular Hbond substituents is 1. The zero-order valence-corrected chi connectivity index (χ0v) is 10.6. The van der Waals surface area contributed by atoms with Crippen molar-refractivity contribution in [2.75, 3.05) is 0 Å². The highest BCUT2D eigenvalue weighted by Crippen LogP contribution is 2.49. The lowest BCUT2D eigenvalue weighted by Gasteiger charge is -2.45. The van der Waals surface area contributed by atoms with E-state index in [1.807, 2.05) is 12.1 Å². The molecule has 1 unspecified atom stereocenters. The summed E-state index contributed by atoms with van der Waals surface area (Å²) in [5.74, 6) is 1.03. The van der Waals surface area contributed by atoms with Crippen LogP contribution >= 0.6 is 0 Å². The van der Waals surface area contributed by atoms with Crippen LogP contribution in [-0.4, -0.2) is 10.9 Å². The third kappa shape index (κ3) is 1.52. The van der Waals surface area contributed by atoms with Gasteiger partial charge in [-0.3, -0.25) is 4.79 Å². The van der Waals surface area contributed by atoms with Gasteiger partial charge in [0.1, 0.15) is 5.75 Å². The van der Waals surface area contributed by atoms with Crippen LogP contribution in [0.15, 0.2) is 30.4 Å². The highest BCUT2D eigenvalue weighted by Gasteiger charge is 2.43. The Hall–Kier alpha value is -1.57. The van der Waals surface area contributed by atoms with Crippen molar-refractivity contribution in [3.05, 3.63) is 41.5 Å². The molecule has 18 heavy (non-hydrogen) atoms. The number of fused-ring (bicyclic) bond motifs is 3. The van der Waals surface area contributed by atoms with Gasteiger partial charge in [0.15, 0.2) is 5.78 Å². The third-order valence-corrected chi connectivity index (χ3v) is 4.68. The molecule has 0 aromatic heterocycles. The van der Waals surface area contributed by atoms with Gasteiger partial charge in [-0.1, -0.05) is 19.1 Å². The van der Waals surface area contributed by atoms with Gasteiger partial charge in [0.05, 0.1) is 0 Å². The molecule has 1 N–H and O–H groups in total. The predicted molar refractivity (Wildman–Crippen MR) is 70.7 cm³/mol. The summed E-state index contributed by atoms with van der Waals surface area (Å²) in [6, 6.07) is 5.69. The Kier molecular flexibility index (Phi) is 2.54. The number of phenols is 1. The van der Waals surface area contributed by atoms with Crippen LogP contribution < -0.4 is 0 Å². The Labute approximate surface area is 107 Å². The zero-order chi connectivity index (χ0) is 12.8. The summed E-state index contributed by atoms with van der Waals surface area (Å²) < 4.78 is 0. The van der Waals surface area contributed by atoms with Crippen LogP contribution in [-0.2, 0) is 16.6 Å². The Morgan fingerprint density at radius 3 is 3.06 bits per heavy atom. The molecule has 2 atom stereocenters. The van der Waals surface area contributed by atoms with E-state index in [2.05, 4.69) is 13.0 Å². The fraction of sp³-hybridized carbons (Fsp3) is 0.438. The normalized spacial score (nSPS) is 29.8. The second kappa shape index (κ2) is 3.98. The molecule has 1 aromatic carbocycles. The summed E-state index contributed by atoms with van der Waals surface area (Å²) in [6.45, 7) is 2.19. The fourth-order valence-corrected chi connectivity index (χ4v) is 3.71. The molecule has 2 nitrogen and oxygen atoms in total. The van der Waals surface area contributed by atoms with Crippen molar-refractivity contribution in [1.29, 1.82) is 0 Å². The number of hydrogen-bond donors (Lipinski definition) is 1. The van der Waals surface area contributed by atoms with Gasteiger partial charge in [-0.05, 0) is 54.5 Å². The lowest BCUT2D eigenvalue weighted by molar-refractivity contribution is -0.116. The summed E-state index contributed by atoms with van der Waals surface area (Å²) >= 11 is 0. The number of hydrogen-bond acceptors (Lipinski definition) is 2. The maximum Gasteiger partial charge on any atom is 0.155 e. The van der Waals surface area contributed by atoms with Crippen LogP contribution in [0.1, 0.15) is 37.3 Å². The van der Waals surface area contributed by atoms with Crippen molar-refractivity contribution in [3.8, 4) is 5.75 Å². The Morgan fingerprint density at radius 2 is 2.28 bits per heavy atom. The summed E-state index contributed by atoms with van der Waals surface area (Å²) in [5.41, 5.74) is 2.56. The summed E-state index contributed by atoms with van der Waals surface area (Å²) in [4.78, 5) is 11.6. The topological polar surface area (TPSA) is 37.3 Å². The summed E-state index contributed by atoms with van der Waals surface area (Å²) in [5, 5.41) is 9.61. The smallest absolute Gasteiger partial charge is 0.155 e.